The van der Waals surface area contributed by atoms with Gasteiger partial charge in [0.2, 0.25) is 4.77 Å². The fraction of sp³-hybridized carbons (Fsp3) is 0.182. The summed E-state index contributed by atoms with van der Waals surface area (Å²) in [6.07, 6.45) is 0.0934. The van der Waals surface area contributed by atoms with Gasteiger partial charge in [-0.3, -0.25) is 0 Å². The molecule has 6 heteroatoms. The van der Waals surface area contributed by atoms with Crippen LogP contribution in [0, 0.1) is 4.77 Å². The second kappa shape index (κ2) is 7.86. The molecule has 2 N–H and O–H groups in total. The van der Waals surface area contributed by atoms with Crippen molar-refractivity contribution in [3.05, 3.63) is 77.1 Å². The molecule has 0 bridgehead atoms. The molecular formula is C22H22N4OS. The van der Waals surface area contributed by atoms with E-state index in [9.17, 15) is 0 Å². The van der Waals surface area contributed by atoms with Crippen LogP contribution in [0.15, 0.2) is 66.7 Å². The van der Waals surface area contributed by atoms with E-state index in [-0.39, 0.29) is 6.10 Å². The molecule has 28 heavy (non-hydrogen) atoms. The van der Waals surface area contributed by atoms with E-state index >= 15 is 0 Å². The molecule has 0 fully saturated rings. The molecule has 0 radical (unpaired) electrons. The van der Waals surface area contributed by atoms with Gasteiger partial charge in [-0.15, -0.1) is 0 Å². The maximum absolute atomic E-state index is 6.07. The lowest BCUT2D eigenvalue weighted by molar-refractivity contribution is 0.240. The second-order valence-corrected chi connectivity index (χ2v) is 7.21. The van der Waals surface area contributed by atoms with Crippen molar-refractivity contribution in [2.24, 2.45) is 0 Å². The summed E-state index contributed by atoms with van der Waals surface area (Å²) in [4.78, 5) is 0. The van der Waals surface area contributed by atoms with Crippen molar-refractivity contribution in [1.29, 1.82) is 0 Å². The first-order valence-corrected chi connectivity index (χ1v) is 9.68. The van der Waals surface area contributed by atoms with Crippen molar-refractivity contribution in [2.75, 3.05) is 5.43 Å². The molecule has 0 aliphatic rings. The molecule has 3 aromatic carbocycles. The van der Waals surface area contributed by atoms with Gasteiger partial charge in [-0.1, -0.05) is 60.7 Å². The van der Waals surface area contributed by atoms with E-state index < -0.39 is 0 Å². The largest absolute Gasteiger partial charge is 0.491 e. The first kappa shape index (κ1) is 18.3. The predicted octanol–water partition coefficient (Wildman–Crippen LogP) is 5.29. The standard InChI is InChI=1S/C22H22N4OS/c1-15(2)27-20-13-12-16-8-6-7-11-18(16)19(20)14-23-26-21(24-25-22(26)28)17-9-4-3-5-10-17/h3-13,15,23H,14H2,1-2H3,(H,25,28). The maximum Gasteiger partial charge on any atom is 0.214 e. The third-order valence-corrected chi connectivity index (χ3v) is 4.75. The Morgan fingerprint density at radius 1 is 1.04 bits per heavy atom. The van der Waals surface area contributed by atoms with Gasteiger partial charge in [0.05, 0.1) is 12.6 Å². The van der Waals surface area contributed by atoms with Gasteiger partial charge in [-0.25, -0.2) is 9.77 Å². The number of benzene rings is 3. The third kappa shape index (κ3) is 3.64. The number of hydrogen-bond acceptors (Lipinski definition) is 4. The molecule has 0 amide bonds. The molecular weight excluding hydrogens is 368 g/mol. The fourth-order valence-electron chi connectivity index (χ4n) is 3.25. The minimum Gasteiger partial charge on any atom is -0.491 e. The Morgan fingerprint density at radius 3 is 2.57 bits per heavy atom. The highest BCUT2D eigenvalue weighted by Crippen LogP contribution is 2.29. The molecule has 0 saturated carbocycles. The molecule has 5 nitrogen and oxygen atoms in total. The summed E-state index contributed by atoms with van der Waals surface area (Å²) < 4.78 is 8.40. The lowest BCUT2D eigenvalue weighted by Gasteiger charge is -2.18. The Balaban J connectivity index is 1.72. The summed E-state index contributed by atoms with van der Waals surface area (Å²) in [7, 11) is 0. The number of H-pyrrole nitrogens is 1. The number of aromatic nitrogens is 3. The van der Waals surface area contributed by atoms with E-state index in [0.717, 1.165) is 28.1 Å². The normalized spacial score (nSPS) is 11.1. The van der Waals surface area contributed by atoms with Gasteiger partial charge in [-0.2, -0.15) is 5.10 Å². The zero-order valence-corrected chi connectivity index (χ0v) is 16.7. The molecule has 4 rings (SSSR count). The summed E-state index contributed by atoms with van der Waals surface area (Å²) in [6, 6.07) is 22.4. The monoisotopic (exact) mass is 390 g/mol. The van der Waals surface area contributed by atoms with Crippen LogP contribution in [-0.2, 0) is 6.54 Å². The number of rotatable bonds is 6. The van der Waals surface area contributed by atoms with Crippen LogP contribution in [0.1, 0.15) is 19.4 Å². The van der Waals surface area contributed by atoms with Crippen molar-refractivity contribution < 1.29 is 4.74 Å². The molecule has 142 valence electrons. The lowest BCUT2D eigenvalue weighted by atomic mass is 10.0. The minimum atomic E-state index is 0.0934. The Labute approximate surface area is 169 Å². The van der Waals surface area contributed by atoms with Crippen LogP contribution >= 0.6 is 12.2 Å². The second-order valence-electron chi connectivity index (χ2n) is 6.82. The molecule has 0 unspecified atom stereocenters. The van der Waals surface area contributed by atoms with Crippen LogP contribution in [-0.4, -0.2) is 21.0 Å². The van der Waals surface area contributed by atoms with E-state index in [1.165, 1.54) is 5.39 Å². The molecule has 1 heterocycles. The summed E-state index contributed by atoms with van der Waals surface area (Å²) >= 11 is 5.44. The number of nitrogens with one attached hydrogen (secondary N) is 2. The van der Waals surface area contributed by atoms with Crippen molar-refractivity contribution in [1.82, 2.24) is 14.9 Å². The van der Waals surface area contributed by atoms with Crippen LogP contribution in [0.3, 0.4) is 0 Å². The van der Waals surface area contributed by atoms with Crippen molar-refractivity contribution in [3.8, 4) is 17.1 Å². The first-order chi connectivity index (χ1) is 13.6. The Morgan fingerprint density at radius 2 is 1.79 bits per heavy atom. The predicted molar refractivity (Wildman–Crippen MR) is 116 cm³/mol. The van der Waals surface area contributed by atoms with Crippen molar-refractivity contribution >= 4 is 23.0 Å². The van der Waals surface area contributed by atoms with Crippen molar-refractivity contribution in [3.63, 3.8) is 0 Å². The zero-order valence-electron chi connectivity index (χ0n) is 15.8. The van der Waals surface area contributed by atoms with Crippen LogP contribution in [0.4, 0.5) is 0 Å². The lowest BCUT2D eigenvalue weighted by Crippen LogP contribution is -2.17. The van der Waals surface area contributed by atoms with Gasteiger partial charge in [0.15, 0.2) is 5.82 Å². The molecule has 0 aliphatic heterocycles. The number of ether oxygens (including phenoxy) is 1. The minimum absolute atomic E-state index is 0.0934. The summed E-state index contributed by atoms with van der Waals surface area (Å²) in [5.74, 6) is 1.62. The Hall–Kier alpha value is -3.12. The number of fused-ring (bicyclic) bond motifs is 1. The van der Waals surface area contributed by atoms with E-state index in [4.69, 9.17) is 17.0 Å². The highest BCUT2D eigenvalue weighted by molar-refractivity contribution is 7.71. The fourth-order valence-corrected chi connectivity index (χ4v) is 3.44. The number of aromatic amines is 1. The molecule has 0 saturated heterocycles. The van der Waals surface area contributed by atoms with Gasteiger partial charge < -0.3 is 10.2 Å². The van der Waals surface area contributed by atoms with Crippen LogP contribution in [0.5, 0.6) is 5.75 Å². The van der Waals surface area contributed by atoms with Crippen LogP contribution in [0.25, 0.3) is 22.2 Å². The van der Waals surface area contributed by atoms with E-state index in [1.807, 2.05) is 67.1 Å². The van der Waals surface area contributed by atoms with E-state index in [2.05, 4.69) is 33.8 Å². The van der Waals surface area contributed by atoms with Crippen LogP contribution < -0.4 is 10.2 Å². The molecule has 4 aromatic rings. The highest BCUT2D eigenvalue weighted by atomic mass is 32.1. The number of hydrogen-bond donors (Lipinski definition) is 2. The van der Waals surface area contributed by atoms with Gasteiger partial charge in [-0.05, 0) is 42.9 Å². The summed E-state index contributed by atoms with van der Waals surface area (Å²) in [5.41, 5.74) is 5.50. The Bertz CT molecular complexity index is 1150. The maximum atomic E-state index is 6.07. The summed E-state index contributed by atoms with van der Waals surface area (Å²) in [6.45, 7) is 4.62. The SMILES string of the molecule is CC(C)Oc1ccc2ccccc2c1CNn1c(-c2ccccc2)n[nH]c1=S. The molecule has 0 atom stereocenters. The summed E-state index contributed by atoms with van der Waals surface area (Å²) in [5, 5.41) is 9.59. The third-order valence-electron chi connectivity index (χ3n) is 4.48. The van der Waals surface area contributed by atoms with Crippen molar-refractivity contribution in [2.45, 2.75) is 26.5 Å². The topological polar surface area (TPSA) is 54.9 Å². The highest BCUT2D eigenvalue weighted by Gasteiger charge is 2.13. The zero-order chi connectivity index (χ0) is 19.5. The molecule has 0 aliphatic carbocycles. The van der Waals surface area contributed by atoms with Gasteiger partial charge in [0, 0.05) is 11.1 Å². The van der Waals surface area contributed by atoms with Gasteiger partial charge >= 0.3 is 0 Å². The number of nitrogens with zero attached hydrogens (tertiary/aromatic N) is 2. The molecule has 1 aromatic heterocycles. The Kier molecular flexibility index (Phi) is 5.12. The van der Waals surface area contributed by atoms with E-state index in [0.29, 0.717) is 11.3 Å². The van der Waals surface area contributed by atoms with Crippen LogP contribution in [0.2, 0.25) is 0 Å². The van der Waals surface area contributed by atoms with E-state index in [1.54, 1.807) is 0 Å². The average molecular weight is 391 g/mol. The quantitative estimate of drug-likeness (QED) is 0.439. The first-order valence-electron chi connectivity index (χ1n) is 9.27. The average Bonchev–Trinajstić information content (AvgIpc) is 3.08. The van der Waals surface area contributed by atoms with Gasteiger partial charge in [0.25, 0.3) is 0 Å². The molecule has 0 spiro atoms. The van der Waals surface area contributed by atoms with Gasteiger partial charge in [0.1, 0.15) is 5.75 Å². The smallest absolute Gasteiger partial charge is 0.214 e.